The zero-order valence-corrected chi connectivity index (χ0v) is 15.1. The minimum absolute atomic E-state index is 0.0615. The van der Waals surface area contributed by atoms with E-state index in [0.29, 0.717) is 17.1 Å². The maximum Gasteiger partial charge on any atom is 0.228 e. The van der Waals surface area contributed by atoms with Gasteiger partial charge in [0.2, 0.25) is 5.91 Å². The molecule has 8 heteroatoms. The number of halogens is 1. The number of carbonyl (C=O) groups excluding carboxylic acids is 1. The first kappa shape index (κ1) is 17.2. The quantitative estimate of drug-likeness (QED) is 0.546. The van der Waals surface area contributed by atoms with Gasteiger partial charge in [-0.15, -0.1) is 11.3 Å². The number of imidazole rings is 1. The van der Waals surface area contributed by atoms with Crippen LogP contribution in [0, 0.1) is 5.82 Å². The van der Waals surface area contributed by atoms with Crippen LogP contribution in [-0.2, 0) is 11.2 Å². The summed E-state index contributed by atoms with van der Waals surface area (Å²) in [6.45, 7) is 0. The molecule has 2 N–H and O–H groups in total. The lowest BCUT2D eigenvalue weighted by atomic mass is 10.1. The Morgan fingerprint density at radius 1 is 1.30 bits per heavy atom. The largest absolute Gasteiger partial charge is 0.494 e. The molecule has 6 nitrogen and oxygen atoms in total. The second-order valence-electron chi connectivity index (χ2n) is 5.88. The fraction of sp³-hybridized carbons (Fsp3) is 0.105. The average Bonchev–Trinajstić information content (AvgIpc) is 3.31. The molecule has 27 heavy (non-hydrogen) atoms. The van der Waals surface area contributed by atoms with Gasteiger partial charge in [0.05, 0.1) is 30.1 Å². The average molecular weight is 382 g/mol. The van der Waals surface area contributed by atoms with E-state index in [0.717, 1.165) is 16.7 Å². The van der Waals surface area contributed by atoms with Crippen molar-refractivity contribution in [3.63, 3.8) is 0 Å². The van der Waals surface area contributed by atoms with E-state index in [4.69, 9.17) is 4.74 Å². The molecule has 2 heterocycles. The van der Waals surface area contributed by atoms with E-state index in [9.17, 15) is 9.18 Å². The van der Waals surface area contributed by atoms with Crippen LogP contribution in [0.25, 0.3) is 22.6 Å². The fourth-order valence-corrected chi connectivity index (χ4v) is 3.29. The third-order valence-corrected chi connectivity index (χ3v) is 4.61. The number of ether oxygens (including phenoxy) is 1. The van der Waals surface area contributed by atoms with E-state index in [1.807, 2.05) is 17.5 Å². The molecule has 0 saturated heterocycles. The Balaban J connectivity index is 1.49. The van der Waals surface area contributed by atoms with E-state index < -0.39 is 5.82 Å². The van der Waals surface area contributed by atoms with Crippen molar-refractivity contribution in [2.24, 2.45) is 0 Å². The summed E-state index contributed by atoms with van der Waals surface area (Å²) in [4.78, 5) is 24.2. The normalized spacial score (nSPS) is 10.9. The summed E-state index contributed by atoms with van der Waals surface area (Å²) in [6.07, 6.45) is 0.0615. The maximum atomic E-state index is 13.7. The van der Waals surface area contributed by atoms with Crippen LogP contribution in [0.15, 0.2) is 47.3 Å². The highest BCUT2D eigenvalue weighted by Crippen LogP contribution is 2.23. The van der Waals surface area contributed by atoms with Gasteiger partial charge in [-0.3, -0.25) is 4.79 Å². The monoisotopic (exact) mass is 382 g/mol. The number of H-pyrrole nitrogens is 1. The number of benzene rings is 2. The predicted octanol–water partition coefficient (Wildman–Crippen LogP) is 4.02. The molecule has 0 aliphatic carbocycles. The molecule has 0 bridgehead atoms. The van der Waals surface area contributed by atoms with Crippen molar-refractivity contribution in [3.8, 4) is 17.3 Å². The lowest BCUT2D eigenvalue weighted by Crippen LogP contribution is -2.14. The Hall–Kier alpha value is -3.26. The third kappa shape index (κ3) is 3.65. The van der Waals surface area contributed by atoms with Crippen LogP contribution in [0.3, 0.4) is 0 Å². The highest BCUT2D eigenvalue weighted by atomic mass is 32.1. The van der Waals surface area contributed by atoms with Crippen molar-refractivity contribution >= 4 is 34.0 Å². The van der Waals surface area contributed by atoms with Crippen LogP contribution in [0.4, 0.5) is 10.1 Å². The van der Waals surface area contributed by atoms with E-state index in [2.05, 4.69) is 20.3 Å². The van der Waals surface area contributed by atoms with E-state index >= 15 is 0 Å². The molecule has 0 radical (unpaired) electrons. The second kappa shape index (κ2) is 7.16. The Labute approximate surface area is 158 Å². The predicted molar refractivity (Wildman–Crippen MR) is 102 cm³/mol. The van der Waals surface area contributed by atoms with Crippen molar-refractivity contribution in [1.82, 2.24) is 15.0 Å². The number of nitrogens with one attached hydrogen (secondary N) is 2. The van der Waals surface area contributed by atoms with Gasteiger partial charge in [0.15, 0.2) is 17.4 Å². The van der Waals surface area contributed by atoms with E-state index in [-0.39, 0.29) is 18.1 Å². The first-order valence-corrected chi connectivity index (χ1v) is 9.07. The Kier molecular flexibility index (Phi) is 4.55. The van der Waals surface area contributed by atoms with Gasteiger partial charge in [-0.05, 0) is 35.9 Å². The highest BCUT2D eigenvalue weighted by Gasteiger charge is 2.10. The summed E-state index contributed by atoms with van der Waals surface area (Å²) in [7, 11) is 1.40. The minimum atomic E-state index is -0.490. The van der Waals surface area contributed by atoms with Gasteiger partial charge in [-0.25, -0.2) is 14.4 Å². The summed E-state index contributed by atoms with van der Waals surface area (Å²) >= 11 is 1.50. The zero-order valence-electron chi connectivity index (χ0n) is 14.3. The summed E-state index contributed by atoms with van der Waals surface area (Å²) in [5, 5.41) is 4.73. The first-order valence-electron chi connectivity index (χ1n) is 8.13. The number of amides is 1. The van der Waals surface area contributed by atoms with Gasteiger partial charge >= 0.3 is 0 Å². The molecule has 136 valence electrons. The van der Waals surface area contributed by atoms with Crippen molar-refractivity contribution in [2.75, 3.05) is 12.4 Å². The SMILES string of the molecule is COc1ccc(CC(=O)Nc2ccc3nc(-c4cscn4)[nH]c3c2)cc1F. The fourth-order valence-electron chi connectivity index (χ4n) is 2.75. The number of aromatic amines is 1. The Morgan fingerprint density at radius 3 is 2.93 bits per heavy atom. The van der Waals surface area contributed by atoms with Gasteiger partial charge in [-0.2, -0.15) is 0 Å². The van der Waals surface area contributed by atoms with E-state index in [1.54, 1.807) is 17.6 Å². The summed E-state index contributed by atoms with van der Waals surface area (Å²) in [5.74, 6) is 0.109. The standard InChI is InChI=1S/C19H15FN4O2S/c1-26-17-5-2-11(6-13(17)20)7-18(25)22-12-3-4-14-15(8-12)24-19(23-14)16-9-27-10-21-16/h2-6,8-10H,7H2,1H3,(H,22,25)(H,23,24). The van der Waals surface area contributed by atoms with Crippen molar-refractivity contribution in [3.05, 3.63) is 58.7 Å². The van der Waals surface area contributed by atoms with Gasteiger partial charge in [0.25, 0.3) is 0 Å². The smallest absolute Gasteiger partial charge is 0.228 e. The molecule has 1 amide bonds. The van der Waals surface area contributed by atoms with E-state index in [1.165, 1.54) is 30.6 Å². The number of aromatic nitrogens is 3. The van der Waals surface area contributed by atoms with Crippen LogP contribution >= 0.6 is 11.3 Å². The number of nitrogens with zero attached hydrogens (tertiary/aromatic N) is 2. The molecule has 0 aliphatic rings. The summed E-state index contributed by atoms with van der Waals surface area (Å²) in [6, 6.07) is 9.89. The molecular weight excluding hydrogens is 367 g/mol. The number of fused-ring (bicyclic) bond motifs is 1. The third-order valence-electron chi connectivity index (χ3n) is 4.02. The van der Waals surface area contributed by atoms with Gasteiger partial charge in [-0.1, -0.05) is 6.07 Å². The molecule has 2 aromatic heterocycles. The van der Waals surface area contributed by atoms with Crippen LogP contribution in [0.1, 0.15) is 5.56 Å². The first-order chi connectivity index (χ1) is 13.1. The Morgan fingerprint density at radius 2 is 2.19 bits per heavy atom. The minimum Gasteiger partial charge on any atom is -0.494 e. The van der Waals surface area contributed by atoms with Gasteiger partial charge in [0, 0.05) is 11.1 Å². The van der Waals surface area contributed by atoms with Crippen LogP contribution in [0.5, 0.6) is 5.75 Å². The zero-order chi connectivity index (χ0) is 18.8. The Bertz CT molecular complexity index is 1110. The molecule has 0 fully saturated rings. The lowest BCUT2D eigenvalue weighted by Gasteiger charge is -2.07. The molecule has 0 atom stereocenters. The molecule has 0 unspecified atom stereocenters. The summed E-state index contributed by atoms with van der Waals surface area (Å²) in [5.41, 5.74) is 5.31. The van der Waals surface area contributed by atoms with Crippen molar-refractivity contribution in [1.29, 1.82) is 0 Å². The molecule has 4 rings (SSSR count). The van der Waals surface area contributed by atoms with Gasteiger partial charge in [0.1, 0.15) is 5.69 Å². The molecule has 2 aromatic carbocycles. The maximum absolute atomic E-state index is 13.7. The number of thiazole rings is 1. The summed E-state index contributed by atoms with van der Waals surface area (Å²) < 4.78 is 18.6. The van der Waals surface area contributed by atoms with Crippen LogP contribution in [-0.4, -0.2) is 28.0 Å². The number of anilines is 1. The molecule has 0 spiro atoms. The topological polar surface area (TPSA) is 79.9 Å². The number of methoxy groups -OCH3 is 1. The highest BCUT2D eigenvalue weighted by molar-refractivity contribution is 7.07. The molecular formula is C19H15FN4O2S. The number of hydrogen-bond acceptors (Lipinski definition) is 5. The molecule has 0 saturated carbocycles. The number of rotatable bonds is 5. The van der Waals surface area contributed by atoms with Crippen molar-refractivity contribution in [2.45, 2.75) is 6.42 Å². The van der Waals surface area contributed by atoms with Crippen molar-refractivity contribution < 1.29 is 13.9 Å². The van der Waals surface area contributed by atoms with Crippen LogP contribution in [0.2, 0.25) is 0 Å². The molecule has 0 aliphatic heterocycles. The van der Waals surface area contributed by atoms with Crippen LogP contribution < -0.4 is 10.1 Å². The second-order valence-corrected chi connectivity index (χ2v) is 6.60. The number of carbonyl (C=O) groups is 1. The molecule has 4 aromatic rings. The van der Waals surface area contributed by atoms with Gasteiger partial charge < -0.3 is 15.0 Å². The number of hydrogen-bond donors (Lipinski definition) is 2. The lowest BCUT2D eigenvalue weighted by molar-refractivity contribution is -0.115.